The van der Waals surface area contributed by atoms with E-state index in [1.165, 1.54) is 13.8 Å². The maximum absolute atomic E-state index is 11.0. The summed E-state index contributed by atoms with van der Waals surface area (Å²) in [6.07, 6.45) is 1.73. The third kappa shape index (κ3) is 4.73. The average molecular weight is 244 g/mol. The van der Waals surface area contributed by atoms with Gasteiger partial charge in [-0.15, -0.1) is 0 Å². The maximum atomic E-state index is 11.0. The van der Waals surface area contributed by atoms with Crippen LogP contribution in [0.1, 0.15) is 40.0 Å². The molecular weight excluding hydrogens is 224 g/mol. The zero-order valence-electron chi connectivity index (χ0n) is 10.6. The van der Waals surface area contributed by atoms with Crippen molar-refractivity contribution in [1.29, 1.82) is 0 Å². The molecule has 0 aliphatic carbocycles. The van der Waals surface area contributed by atoms with Gasteiger partial charge in [-0.25, -0.2) is 0 Å². The molecule has 0 radical (unpaired) electrons. The van der Waals surface area contributed by atoms with Crippen LogP contribution in [0.4, 0.5) is 0 Å². The topological polar surface area (TPSA) is 61.8 Å². The Morgan fingerprint density at radius 3 is 2.29 bits per heavy atom. The van der Waals surface area contributed by atoms with Crippen LogP contribution in [0.3, 0.4) is 0 Å². The smallest absolute Gasteiger partial charge is 0.303 e. The first-order valence-electron chi connectivity index (χ1n) is 5.99. The zero-order valence-corrected chi connectivity index (χ0v) is 10.6. The molecule has 1 unspecified atom stereocenters. The zero-order chi connectivity index (χ0) is 12.8. The Morgan fingerprint density at radius 1 is 1.18 bits per heavy atom. The quantitative estimate of drug-likeness (QED) is 0.700. The van der Waals surface area contributed by atoms with Gasteiger partial charge in [0.25, 0.3) is 0 Å². The van der Waals surface area contributed by atoms with Gasteiger partial charge in [0.15, 0.2) is 6.10 Å². The van der Waals surface area contributed by atoms with Crippen LogP contribution in [-0.2, 0) is 23.8 Å². The third-order valence-electron chi connectivity index (χ3n) is 2.65. The highest BCUT2D eigenvalue weighted by Gasteiger charge is 2.35. The minimum Gasteiger partial charge on any atom is -0.458 e. The molecule has 5 heteroatoms. The number of carbonyl (C=O) groups excluding carboxylic acids is 2. The van der Waals surface area contributed by atoms with E-state index in [0.717, 1.165) is 12.8 Å². The first-order valence-corrected chi connectivity index (χ1v) is 5.99. The summed E-state index contributed by atoms with van der Waals surface area (Å²) in [7, 11) is 0. The molecule has 0 N–H and O–H groups in total. The van der Waals surface area contributed by atoms with E-state index in [2.05, 4.69) is 6.92 Å². The highest BCUT2D eigenvalue weighted by atomic mass is 16.6. The fourth-order valence-corrected chi connectivity index (χ4v) is 2.00. The highest BCUT2D eigenvalue weighted by Crippen LogP contribution is 2.23. The Labute approximate surface area is 101 Å². The minimum absolute atomic E-state index is 0.0798. The van der Waals surface area contributed by atoms with Crippen molar-refractivity contribution in [3.8, 4) is 0 Å². The maximum Gasteiger partial charge on any atom is 0.303 e. The van der Waals surface area contributed by atoms with Crippen LogP contribution >= 0.6 is 0 Å². The second-order valence-electron chi connectivity index (χ2n) is 4.28. The summed E-state index contributed by atoms with van der Waals surface area (Å²) in [5, 5.41) is 0. The summed E-state index contributed by atoms with van der Waals surface area (Å²) >= 11 is 0. The van der Waals surface area contributed by atoms with Crippen LogP contribution in [0.15, 0.2) is 0 Å². The second kappa shape index (κ2) is 6.59. The van der Waals surface area contributed by atoms with Crippen LogP contribution in [0.2, 0.25) is 0 Å². The van der Waals surface area contributed by atoms with Crippen LogP contribution in [-0.4, -0.2) is 36.9 Å². The van der Waals surface area contributed by atoms with Gasteiger partial charge in [0.2, 0.25) is 0 Å². The predicted molar refractivity (Wildman–Crippen MR) is 60.4 cm³/mol. The number of rotatable bonds is 4. The molecule has 0 spiro atoms. The third-order valence-corrected chi connectivity index (χ3v) is 2.65. The van der Waals surface area contributed by atoms with E-state index < -0.39 is 6.10 Å². The summed E-state index contributed by atoms with van der Waals surface area (Å²) < 4.78 is 15.9. The molecule has 1 rings (SSSR count). The molecular formula is C12H20O5. The Hall–Kier alpha value is -1.10. The molecule has 3 atom stereocenters. The first-order chi connectivity index (χ1) is 8.02. The van der Waals surface area contributed by atoms with Gasteiger partial charge in [-0.1, -0.05) is 13.3 Å². The van der Waals surface area contributed by atoms with Gasteiger partial charge in [0.05, 0.1) is 12.7 Å². The standard InChI is InChI=1S/C12H20O5/c1-4-5-10-6-11(16-8(2)13)12(7-15-10)17-9(3)14/h10-12H,4-7H2,1-3H3/t10-,11?,12+/m1/s1. The van der Waals surface area contributed by atoms with Gasteiger partial charge >= 0.3 is 11.9 Å². The van der Waals surface area contributed by atoms with Crippen LogP contribution in [0.5, 0.6) is 0 Å². The lowest BCUT2D eigenvalue weighted by Gasteiger charge is -2.34. The lowest BCUT2D eigenvalue weighted by molar-refractivity contribution is -0.187. The van der Waals surface area contributed by atoms with Gasteiger partial charge in [0, 0.05) is 20.3 Å². The van der Waals surface area contributed by atoms with E-state index in [1.54, 1.807) is 0 Å². The molecule has 1 aliphatic rings. The molecule has 0 aromatic rings. The van der Waals surface area contributed by atoms with Crippen molar-refractivity contribution in [1.82, 2.24) is 0 Å². The molecule has 0 aromatic heterocycles. The molecule has 1 saturated heterocycles. The van der Waals surface area contributed by atoms with Crippen LogP contribution in [0, 0.1) is 0 Å². The van der Waals surface area contributed by atoms with Crippen molar-refractivity contribution in [2.24, 2.45) is 0 Å². The van der Waals surface area contributed by atoms with E-state index in [-0.39, 0.29) is 24.1 Å². The number of ether oxygens (including phenoxy) is 3. The predicted octanol–water partition coefficient (Wildman–Crippen LogP) is 1.44. The van der Waals surface area contributed by atoms with Crippen LogP contribution in [0.25, 0.3) is 0 Å². The lowest BCUT2D eigenvalue weighted by atomic mass is 10.00. The van der Waals surface area contributed by atoms with Gasteiger partial charge < -0.3 is 14.2 Å². The Balaban J connectivity index is 2.58. The fourth-order valence-electron chi connectivity index (χ4n) is 2.00. The number of hydrogen-bond donors (Lipinski definition) is 0. The van der Waals surface area contributed by atoms with Crippen molar-refractivity contribution in [3.63, 3.8) is 0 Å². The molecule has 98 valence electrons. The van der Waals surface area contributed by atoms with Crippen LogP contribution < -0.4 is 0 Å². The van der Waals surface area contributed by atoms with Gasteiger partial charge in [-0.05, 0) is 6.42 Å². The Kier molecular flexibility index (Phi) is 5.41. The fraction of sp³-hybridized carbons (Fsp3) is 0.833. The molecule has 0 aromatic carbocycles. The largest absolute Gasteiger partial charge is 0.458 e. The Morgan fingerprint density at radius 2 is 1.76 bits per heavy atom. The number of esters is 2. The van der Waals surface area contributed by atoms with Crippen molar-refractivity contribution in [3.05, 3.63) is 0 Å². The summed E-state index contributed by atoms with van der Waals surface area (Å²) in [5.41, 5.74) is 0. The van der Waals surface area contributed by atoms with E-state index in [1.807, 2.05) is 0 Å². The average Bonchev–Trinajstić information content (AvgIpc) is 2.21. The van der Waals surface area contributed by atoms with E-state index in [0.29, 0.717) is 13.0 Å². The van der Waals surface area contributed by atoms with E-state index >= 15 is 0 Å². The first kappa shape index (κ1) is 14.0. The highest BCUT2D eigenvalue weighted by molar-refractivity contribution is 5.67. The van der Waals surface area contributed by atoms with Crippen molar-refractivity contribution >= 4 is 11.9 Å². The molecule has 0 bridgehead atoms. The van der Waals surface area contributed by atoms with Crippen molar-refractivity contribution in [2.75, 3.05) is 6.61 Å². The minimum atomic E-state index is -0.482. The molecule has 1 aliphatic heterocycles. The van der Waals surface area contributed by atoms with Crippen molar-refractivity contribution < 1.29 is 23.8 Å². The van der Waals surface area contributed by atoms with Gasteiger partial charge in [-0.3, -0.25) is 9.59 Å². The number of hydrogen-bond acceptors (Lipinski definition) is 5. The van der Waals surface area contributed by atoms with Gasteiger partial charge in [-0.2, -0.15) is 0 Å². The summed E-state index contributed by atoms with van der Waals surface area (Å²) in [5.74, 6) is -0.742. The Bertz CT molecular complexity index is 276. The molecule has 17 heavy (non-hydrogen) atoms. The second-order valence-corrected chi connectivity index (χ2v) is 4.28. The summed E-state index contributed by atoms with van der Waals surface area (Å²) in [6, 6.07) is 0. The lowest BCUT2D eigenvalue weighted by Crippen LogP contribution is -2.45. The normalized spacial score (nSPS) is 28.5. The number of carbonyl (C=O) groups is 2. The summed E-state index contributed by atoms with van der Waals surface area (Å²) in [6.45, 7) is 5.06. The van der Waals surface area contributed by atoms with Gasteiger partial charge in [0.1, 0.15) is 6.10 Å². The molecule has 5 nitrogen and oxygen atoms in total. The van der Waals surface area contributed by atoms with E-state index in [4.69, 9.17) is 14.2 Å². The van der Waals surface area contributed by atoms with Crippen molar-refractivity contribution in [2.45, 2.75) is 58.3 Å². The molecule has 0 amide bonds. The van der Waals surface area contributed by atoms with E-state index in [9.17, 15) is 9.59 Å². The molecule has 1 heterocycles. The summed E-state index contributed by atoms with van der Waals surface area (Å²) in [4.78, 5) is 21.9. The monoisotopic (exact) mass is 244 g/mol. The molecule has 1 fully saturated rings. The SMILES string of the molecule is CCC[C@@H]1CC(OC(C)=O)[C@@H](OC(C)=O)CO1. The molecule has 0 saturated carbocycles.